The Balaban J connectivity index is 1.70. The van der Waals surface area contributed by atoms with Crippen LogP contribution in [-0.2, 0) is 50.1 Å². The number of hydrogen-bond donors (Lipinski definition) is 0. The van der Waals surface area contributed by atoms with Crippen LogP contribution in [0.1, 0.15) is 212 Å². The Morgan fingerprint density at radius 1 is 0.453 bits per heavy atom. The average molecular weight is 997 g/mol. The Labute approximate surface area is 401 Å². The van der Waals surface area contributed by atoms with Gasteiger partial charge in [0.25, 0.3) is 0 Å². The van der Waals surface area contributed by atoms with Gasteiger partial charge in [-0.2, -0.15) is 0 Å². The van der Waals surface area contributed by atoms with Gasteiger partial charge in [0.1, 0.15) is 0 Å². The molecule has 2 atom stereocenters. The Kier molecular flexibility index (Phi) is 14.9. The summed E-state index contributed by atoms with van der Waals surface area (Å²) in [6, 6.07) is 25.0. The molecule has 6 rings (SSSR count). The maximum atomic E-state index is 9.15. The van der Waals surface area contributed by atoms with Crippen LogP contribution >= 0.6 is 17.0 Å². The third-order valence-corrected chi connectivity index (χ3v) is 66.8. The van der Waals surface area contributed by atoms with E-state index < -0.39 is 21.5 Å². The second-order valence-electron chi connectivity index (χ2n) is 24.5. The number of rotatable bonds is 13. The summed E-state index contributed by atoms with van der Waals surface area (Å²) in [6.07, 6.45) is 13.7. The van der Waals surface area contributed by atoms with Crippen molar-refractivity contribution in [1.29, 1.82) is 0 Å². The van der Waals surface area contributed by atoms with Gasteiger partial charge < -0.3 is 0 Å². The van der Waals surface area contributed by atoms with E-state index in [1.165, 1.54) is 89.0 Å². The van der Waals surface area contributed by atoms with Crippen molar-refractivity contribution in [3.05, 3.63) is 127 Å². The van der Waals surface area contributed by atoms with E-state index in [1.54, 1.807) is 0 Å². The minimum atomic E-state index is -5.09. The summed E-state index contributed by atoms with van der Waals surface area (Å²) in [5.41, 5.74) is 22.7. The van der Waals surface area contributed by atoms with Gasteiger partial charge >= 0.3 is 405 Å². The molecule has 0 fully saturated rings. The van der Waals surface area contributed by atoms with E-state index in [0.717, 1.165) is 51.4 Å². The number of benzene rings is 4. The fraction of sp³-hybridized carbons (Fsp3) is 0.533. The first-order chi connectivity index (χ1) is 29.6. The van der Waals surface area contributed by atoms with Crippen LogP contribution in [0.3, 0.4) is 0 Å². The Morgan fingerprint density at radius 2 is 0.750 bits per heavy atom. The van der Waals surface area contributed by atoms with Gasteiger partial charge in [-0.05, 0) is 0 Å². The second-order valence-corrected chi connectivity index (χ2v) is 67.0. The van der Waals surface area contributed by atoms with E-state index in [0.29, 0.717) is 0 Å². The Morgan fingerprint density at radius 3 is 1.00 bits per heavy atom. The van der Waals surface area contributed by atoms with Crippen molar-refractivity contribution in [2.75, 3.05) is 0 Å². The third-order valence-electron chi connectivity index (χ3n) is 15.0. The summed E-state index contributed by atoms with van der Waals surface area (Å²) in [7, 11) is 18.3. The van der Waals surface area contributed by atoms with E-state index in [-0.39, 0.29) is 28.9 Å². The molecular weight excluding hydrogens is 911 g/mol. The fourth-order valence-electron chi connectivity index (χ4n) is 11.2. The summed E-state index contributed by atoms with van der Waals surface area (Å²) in [4.78, 5) is 0. The second kappa shape index (κ2) is 18.5. The van der Waals surface area contributed by atoms with Crippen LogP contribution in [0.5, 0.6) is 0 Å². The van der Waals surface area contributed by atoms with E-state index in [2.05, 4.69) is 197 Å². The molecule has 0 nitrogen and oxygen atoms in total. The van der Waals surface area contributed by atoms with Gasteiger partial charge in [-0.25, -0.2) is 0 Å². The van der Waals surface area contributed by atoms with Gasteiger partial charge in [0.05, 0.1) is 0 Å². The summed E-state index contributed by atoms with van der Waals surface area (Å²) >= 11 is -5.09. The minimum absolute atomic E-state index is 0.0197. The molecule has 0 bridgehead atoms. The van der Waals surface area contributed by atoms with Crippen LogP contribution in [0.25, 0.3) is 34.4 Å². The molecule has 2 unspecified atom stereocenters. The molecule has 347 valence electrons. The maximum absolute atomic E-state index is 9.15. The first-order valence-electron chi connectivity index (χ1n) is 25.2. The van der Waals surface area contributed by atoms with Crippen LogP contribution in [0.15, 0.2) is 71.8 Å². The molecule has 2 aliphatic carbocycles. The predicted octanol–water partition coefficient (Wildman–Crippen LogP) is 19.3. The fourth-order valence-corrected chi connectivity index (χ4v) is 42.7. The summed E-state index contributed by atoms with van der Waals surface area (Å²) in [5, 5.41) is 0. The molecule has 0 saturated carbocycles. The molecule has 4 aromatic rings. The van der Waals surface area contributed by atoms with Crippen molar-refractivity contribution in [1.82, 2.24) is 0 Å². The topological polar surface area (TPSA) is 0 Å². The molecule has 0 heterocycles. The van der Waals surface area contributed by atoms with E-state index in [9.17, 15) is 0 Å². The van der Waals surface area contributed by atoms with Crippen molar-refractivity contribution in [3.63, 3.8) is 0 Å². The number of aryl methyl sites for hydroxylation is 2. The number of hydrogen-bond acceptors (Lipinski definition) is 0. The average Bonchev–Trinajstić information content (AvgIpc) is 3.76. The molecule has 0 amide bonds. The van der Waals surface area contributed by atoms with Gasteiger partial charge in [0.2, 0.25) is 0 Å². The molecule has 4 aromatic carbocycles. The van der Waals surface area contributed by atoms with Crippen molar-refractivity contribution in [3.8, 4) is 22.3 Å². The molecule has 4 heteroatoms. The standard InChI is InChI=1S/2C29H39.C2H7Si.2ClH.Zr/c2*1-9-11-20-15-22-14-13-21(12-10-2)27(26(22)16-20)23-17-24(28(3,4)5)19-25(18-23)29(6,7)8;1-3-2;;;/h2*13-19H,9-12H2,1-8H3;3H,1-2H3;2*1H;/q;;;;;+2/p-2. The van der Waals surface area contributed by atoms with Crippen molar-refractivity contribution in [2.45, 2.75) is 204 Å². The van der Waals surface area contributed by atoms with Crippen LogP contribution in [0.4, 0.5) is 0 Å². The molecule has 2 aliphatic rings. The molecule has 0 aliphatic heterocycles. The first-order valence-corrected chi connectivity index (χ1v) is 41.5. The molecule has 0 spiro atoms. The monoisotopic (exact) mass is 993 g/mol. The van der Waals surface area contributed by atoms with Crippen LogP contribution in [-0.4, -0.2) is 5.92 Å². The molecule has 0 aromatic heterocycles. The zero-order chi connectivity index (χ0) is 47.6. The van der Waals surface area contributed by atoms with E-state index in [1.807, 2.05) is 0 Å². The zero-order valence-electron chi connectivity index (χ0n) is 43.6. The Hall–Kier alpha value is -1.96. The van der Waals surface area contributed by atoms with Gasteiger partial charge in [0.15, 0.2) is 0 Å². The molecule has 0 N–H and O–H groups in total. The zero-order valence-corrected chi connectivity index (χ0v) is 48.7. The number of halogens is 2. The Bertz CT molecular complexity index is 2220. The van der Waals surface area contributed by atoms with Crippen molar-refractivity contribution >= 4 is 35.1 Å². The van der Waals surface area contributed by atoms with Crippen molar-refractivity contribution in [2.24, 2.45) is 0 Å². The van der Waals surface area contributed by atoms with Gasteiger partial charge in [0, 0.05) is 0 Å². The van der Waals surface area contributed by atoms with Gasteiger partial charge in [-0.15, -0.1) is 0 Å². The number of fused-ring (bicyclic) bond motifs is 2. The summed E-state index contributed by atoms with van der Waals surface area (Å²) in [6.45, 7) is 42.7. The molecule has 0 saturated heterocycles. The summed E-state index contributed by atoms with van der Waals surface area (Å²) < 4.78 is 0.140. The van der Waals surface area contributed by atoms with Crippen LogP contribution in [0.2, 0.25) is 13.1 Å². The summed E-state index contributed by atoms with van der Waals surface area (Å²) in [5.74, 6) is -1.76. The van der Waals surface area contributed by atoms with Gasteiger partial charge in [-0.3, -0.25) is 0 Å². The predicted molar refractivity (Wildman–Crippen MR) is 288 cm³/mol. The normalized spacial score (nSPS) is 17.6. The quantitative estimate of drug-likeness (QED) is 0.117. The third kappa shape index (κ3) is 9.55. The van der Waals surface area contributed by atoms with Crippen LogP contribution in [0, 0.1) is 0 Å². The van der Waals surface area contributed by atoms with E-state index in [4.69, 9.17) is 17.0 Å². The van der Waals surface area contributed by atoms with Crippen molar-refractivity contribution < 1.29 is 15.6 Å². The van der Waals surface area contributed by atoms with E-state index >= 15 is 0 Å². The number of allylic oxidation sites excluding steroid dienone is 2. The van der Waals surface area contributed by atoms with Gasteiger partial charge in [-0.1, -0.05) is 0 Å². The molecule has 0 radical (unpaired) electrons. The molecular formula is C60H85Cl2SiZr. The SMILES string of the molecule is CCCC1=Cc2c(ccc(CCC)c2-c2cc(C(C)(C)C)cc(C(C)(C)C)c2)[CH]1[Zr]([Cl])([Cl])([CH]1C(CCC)=Cc2c1ccc(CCC)c2-c1cc(C(C)(C)C)cc(C(C)(C)C)c1)[SiH](C)C. The molecule has 64 heavy (non-hydrogen) atoms. The first kappa shape index (κ1) is 51.4. The van der Waals surface area contributed by atoms with Crippen LogP contribution < -0.4 is 0 Å².